The van der Waals surface area contributed by atoms with E-state index in [-0.39, 0.29) is 4.90 Å². The third-order valence-electron chi connectivity index (χ3n) is 3.58. The zero-order valence-corrected chi connectivity index (χ0v) is 15.2. The van der Waals surface area contributed by atoms with Crippen LogP contribution in [0.1, 0.15) is 0 Å². The summed E-state index contributed by atoms with van der Waals surface area (Å²) >= 11 is 0. The van der Waals surface area contributed by atoms with E-state index in [1.54, 1.807) is 36.4 Å². The van der Waals surface area contributed by atoms with Gasteiger partial charge in [-0.15, -0.1) is 0 Å². The van der Waals surface area contributed by atoms with Gasteiger partial charge in [-0.1, -0.05) is 12.7 Å². The summed E-state index contributed by atoms with van der Waals surface area (Å²) in [4.78, 5) is 0.111. The number of rotatable bonds is 8. The Labute approximate surface area is 148 Å². The first-order valence-electron chi connectivity index (χ1n) is 7.48. The number of benzene rings is 2. The van der Waals surface area contributed by atoms with Crippen LogP contribution in [0.2, 0.25) is 0 Å². The Morgan fingerprint density at radius 3 is 2.24 bits per heavy atom. The number of sulfonamides is 1. The summed E-state index contributed by atoms with van der Waals surface area (Å²) < 4.78 is 42.6. The molecule has 25 heavy (non-hydrogen) atoms. The van der Waals surface area contributed by atoms with Crippen LogP contribution in [0.25, 0.3) is 0 Å². The number of methoxy groups -OCH3 is 2. The fourth-order valence-electron chi connectivity index (χ4n) is 2.18. The molecular formula is C18H21NO5S. The van der Waals surface area contributed by atoms with E-state index in [1.807, 2.05) is 0 Å². The molecule has 0 atom stereocenters. The van der Waals surface area contributed by atoms with Crippen LogP contribution in [0.15, 0.2) is 60.0 Å². The van der Waals surface area contributed by atoms with Gasteiger partial charge < -0.3 is 14.2 Å². The Morgan fingerprint density at radius 2 is 1.68 bits per heavy atom. The maximum absolute atomic E-state index is 12.8. The van der Waals surface area contributed by atoms with Crippen molar-refractivity contribution in [3.05, 3.63) is 55.1 Å². The lowest BCUT2D eigenvalue weighted by Crippen LogP contribution is -2.26. The standard InChI is InChI=1S/C18H21NO5S/c1-5-12-24-15-8-6-14(7-9-15)19(2)25(20,21)16-10-11-17(22-3)18(13-16)23-4/h5-11,13H,1,12H2,2-4H3. The molecule has 6 nitrogen and oxygen atoms in total. The van der Waals surface area contributed by atoms with Crippen molar-refractivity contribution in [2.75, 3.05) is 32.2 Å². The minimum Gasteiger partial charge on any atom is -0.493 e. The molecule has 0 aliphatic rings. The molecule has 0 fully saturated rings. The van der Waals surface area contributed by atoms with E-state index in [1.165, 1.54) is 37.7 Å². The smallest absolute Gasteiger partial charge is 0.264 e. The van der Waals surface area contributed by atoms with Gasteiger partial charge in [-0.2, -0.15) is 0 Å². The quantitative estimate of drug-likeness (QED) is 0.674. The van der Waals surface area contributed by atoms with E-state index in [0.717, 1.165) is 0 Å². The molecule has 0 unspecified atom stereocenters. The van der Waals surface area contributed by atoms with Crippen molar-refractivity contribution in [3.8, 4) is 17.2 Å². The minimum absolute atomic E-state index is 0.111. The van der Waals surface area contributed by atoms with Crippen LogP contribution in [0.4, 0.5) is 5.69 Å². The summed E-state index contributed by atoms with van der Waals surface area (Å²) in [5.74, 6) is 1.46. The predicted octanol–water partition coefficient (Wildman–Crippen LogP) is 3.09. The average molecular weight is 363 g/mol. The molecule has 0 aliphatic carbocycles. The number of hydrogen-bond donors (Lipinski definition) is 0. The first-order chi connectivity index (χ1) is 11.9. The Kier molecular flexibility index (Phi) is 5.93. The van der Waals surface area contributed by atoms with Crippen molar-refractivity contribution < 1.29 is 22.6 Å². The SMILES string of the molecule is C=CCOc1ccc(N(C)S(=O)(=O)c2ccc(OC)c(OC)c2)cc1. The highest BCUT2D eigenvalue weighted by atomic mass is 32.2. The molecule has 0 radical (unpaired) electrons. The summed E-state index contributed by atoms with van der Waals surface area (Å²) in [6.45, 7) is 3.97. The Bertz CT molecular complexity index is 831. The van der Waals surface area contributed by atoms with E-state index in [4.69, 9.17) is 14.2 Å². The van der Waals surface area contributed by atoms with E-state index < -0.39 is 10.0 Å². The maximum atomic E-state index is 12.8. The molecule has 0 N–H and O–H groups in total. The third-order valence-corrected chi connectivity index (χ3v) is 5.36. The van der Waals surface area contributed by atoms with Crippen LogP contribution < -0.4 is 18.5 Å². The average Bonchev–Trinajstić information content (AvgIpc) is 2.65. The van der Waals surface area contributed by atoms with Gasteiger partial charge in [0.1, 0.15) is 12.4 Å². The molecule has 0 amide bonds. The van der Waals surface area contributed by atoms with E-state index >= 15 is 0 Å². The van der Waals surface area contributed by atoms with E-state index in [9.17, 15) is 8.42 Å². The molecule has 0 aliphatic heterocycles. The van der Waals surface area contributed by atoms with Crippen molar-refractivity contribution in [1.82, 2.24) is 0 Å². The molecule has 7 heteroatoms. The second-order valence-electron chi connectivity index (χ2n) is 5.08. The van der Waals surface area contributed by atoms with Gasteiger partial charge in [-0.25, -0.2) is 8.42 Å². The summed E-state index contributed by atoms with van der Waals surface area (Å²) in [6.07, 6.45) is 1.64. The van der Waals surface area contributed by atoms with Gasteiger partial charge in [0, 0.05) is 13.1 Å². The monoisotopic (exact) mass is 363 g/mol. The maximum Gasteiger partial charge on any atom is 0.264 e. The van der Waals surface area contributed by atoms with Gasteiger partial charge in [-0.3, -0.25) is 4.31 Å². The van der Waals surface area contributed by atoms with Gasteiger partial charge in [-0.05, 0) is 36.4 Å². The Balaban J connectivity index is 2.30. The molecule has 0 spiro atoms. The topological polar surface area (TPSA) is 65.1 Å². The van der Waals surface area contributed by atoms with Crippen LogP contribution in [-0.2, 0) is 10.0 Å². The van der Waals surface area contributed by atoms with Crippen molar-refractivity contribution >= 4 is 15.7 Å². The fraction of sp³-hybridized carbons (Fsp3) is 0.222. The molecule has 0 saturated heterocycles. The van der Waals surface area contributed by atoms with Gasteiger partial charge in [0.2, 0.25) is 0 Å². The molecule has 0 bridgehead atoms. The zero-order valence-electron chi connectivity index (χ0n) is 14.4. The lowest BCUT2D eigenvalue weighted by atomic mass is 10.3. The highest BCUT2D eigenvalue weighted by Gasteiger charge is 2.23. The molecule has 2 rings (SSSR count). The Hall–Kier alpha value is -2.67. The number of ether oxygens (including phenoxy) is 3. The number of hydrogen-bond acceptors (Lipinski definition) is 5. The summed E-state index contributed by atoms with van der Waals surface area (Å²) in [7, 11) is 0.706. The van der Waals surface area contributed by atoms with E-state index in [2.05, 4.69) is 6.58 Å². The lowest BCUT2D eigenvalue weighted by Gasteiger charge is -2.20. The van der Waals surface area contributed by atoms with Crippen molar-refractivity contribution in [2.45, 2.75) is 4.90 Å². The normalized spacial score (nSPS) is 10.8. The van der Waals surface area contributed by atoms with Gasteiger partial charge in [0.05, 0.1) is 24.8 Å². The first kappa shape index (κ1) is 18.7. The lowest BCUT2D eigenvalue weighted by molar-refractivity contribution is 0.354. The van der Waals surface area contributed by atoms with Crippen LogP contribution in [0.5, 0.6) is 17.2 Å². The molecule has 0 aromatic heterocycles. The van der Waals surface area contributed by atoms with Crippen LogP contribution in [-0.4, -0.2) is 36.3 Å². The number of nitrogens with zero attached hydrogens (tertiary/aromatic N) is 1. The van der Waals surface area contributed by atoms with Crippen LogP contribution in [0, 0.1) is 0 Å². The predicted molar refractivity (Wildman–Crippen MR) is 97.3 cm³/mol. The largest absolute Gasteiger partial charge is 0.493 e. The summed E-state index contributed by atoms with van der Waals surface area (Å²) in [5.41, 5.74) is 0.515. The van der Waals surface area contributed by atoms with Gasteiger partial charge in [0.15, 0.2) is 11.5 Å². The second-order valence-corrected chi connectivity index (χ2v) is 7.05. The molecule has 0 saturated carbocycles. The van der Waals surface area contributed by atoms with E-state index in [0.29, 0.717) is 29.5 Å². The molecular weight excluding hydrogens is 342 g/mol. The second kappa shape index (κ2) is 7.94. The third kappa shape index (κ3) is 4.06. The van der Waals surface area contributed by atoms with Gasteiger partial charge >= 0.3 is 0 Å². The van der Waals surface area contributed by atoms with Crippen LogP contribution in [0.3, 0.4) is 0 Å². The molecule has 2 aromatic rings. The van der Waals surface area contributed by atoms with Crippen molar-refractivity contribution in [2.24, 2.45) is 0 Å². The van der Waals surface area contributed by atoms with Crippen molar-refractivity contribution in [1.29, 1.82) is 0 Å². The summed E-state index contributed by atoms with van der Waals surface area (Å²) in [5, 5.41) is 0. The minimum atomic E-state index is -3.74. The Morgan fingerprint density at radius 1 is 1.04 bits per heavy atom. The molecule has 2 aromatic carbocycles. The number of anilines is 1. The zero-order chi connectivity index (χ0) is 18.4. The van der Waals surface area contributed by atoms with Crippen LogP contribution >= 0.6 is 0 Å². The van der Waals surface area contributed by atoms with Gasteiger partial charge in [0.25, 0.3) is 10.0 Å². The molecule has 0 heterocycles. The highest BCUT2D eigenvalue weighted by Crippen LogP contribution is 2.31. The van der Waals surface area contributed by atoms with Crippen molar-refractivity contribution in [3.63, 3.8) is 0 Å². The highest BCUT2D eigenvalue weighted by molar-refractivity contribution is 7.92. The first-order valence-corrected chi connectivity index (χ1v) is 8.92. The molecule has 134 valence electrons. The summed E-state index contributed by atoms with van der Waals surface area (Å²) in [6, 6.07) is 11.2. The fourth-order valence-corrected chi connectivity index (χ4v) is 3.39.